The van der Waals surface area contributed by atoms with E-state index in [2.05, 4.69) is 4.98 Å². The van der Waals surface area contributed by atoms with Crippen molar-refractivity contribution in [3.05, 3.63) is 66.5 Å². The first-order valence-corrected chi connectivity index (χ1v) is 10.4. The van der Waals surface area contributed by atoms with E-state index >= 15 is 0 Å². The Kier molecular flexibility index (Phi) is 4.31. The third kappa shape index (κ3) is 3.26. The maximum Gasteiger partial charge on any atom is 0.336 e. The molecule has 1 aliphatic rings. The molecule has 4 rings (SSSR count). The molecule has 7 heteroatoms. The van der Waals surface area contributed by atoms with E-state index in [4.69, 9.17) is 0 Å². The molecule has 1 fully saturated rings. The van der Waals surface area contributed by atoms with Gasteiger partial charge < -0.3 is 9.67 Å². The quantitative estimate of drug-likeness (QED) is 0.748. The molecule has 1 N–H and O–H groups in total. The van der Waals surface area contributed by atoms with Gasteiger partial charge in [0, 0.05) is 11.1 Å². The second-order valence-corrected chi connectivity index (χ2v) is 8.85. The summed E-state index contributed by atoms with van der Waals surface area (Å²) >= 11 is 0. The average molecular weight is 382 g/mol. The van der Waals surface area contributed by atoms with Gasteiger partial charge in [-0.1, -0.05) is 48.5 Å². The molecular formula is C20H18N2O4S. The van der Waals surface area contributed by atoms with Gasteiger partial charge in [-0.3, -0.25) is 0 Å². The van der Waals surface area contributed by atoms with Crippen molar-refractivity contribution in [2.75, 3.05) is 11.5 Å². The standard InChI is InChI=1S/C20H18N2O4S/c23-20(24)17-9-5-4-8-16(17)19-18(14-6-2-1-3-7-14)21-13-22(19)15-10-11-27(25,26)12-15/h1-9,13,15H,10-12H2,(H,23,24). The van der Waals surface area contributed by atoms with E-state index in [9.17, 15) is 18.3 Å². The Bertz CT molecular complexity index is 1100. The van der Waals surface area contributed by atoms with E-state index in [-0.39, 0.29) is 23.1 Å². The first-order chi connectivity index (χ1) is 13.0. The van der Waals surface area contributed by atoms with Crippen LogP contribution in [0.25, 0.3) is 22.5 Å². The van der Waals surface area contributed by atoms with E-state index in [1.165, 1.54) is 0 Å². The summed E-state index contributed by atoms with van der Waals surface area (Å²) in [5.74, 6) is -0.854. The first kappa shape index (κ1) is 17.5. The number of imidazole rings is 1. The van der Waals surface area contributed by atoms with Gasteiger partial charge in [0.05, 0.1) is 40.8 Å². The number of hydrogen-bond donors (Lipinski definition) is 1. The number of hydrogen-bond acceptors (Lipinski definition) is 4. The topological polar surface area (TPSA) is 89.3 Å². The SMILES string of the molecule is O=C(O)c1ccccc1-c1c(-c2ccccc2)ncn1C1CCS(=O)(=O)C1. The van der Waals surface area contributed by atoms with Crippen molar-refractivity contribution in [2.45, 2.75) is 12.5 Å². The van der Waals surface area contributed by atoms with Gasteiger partial charge in [-0.05, 0) is 12.5 Å². The molecule has 1 aromatic heterocycles. The lowest BCUT2D eigenvalue weighted by molar-refractivity contribution is 0.0697. The Morgan fingerprint density at radius 1 is 1.07 bits per heavy atom. The van der Waals surface area contributed by atoms with Crippen molar-refractivity contribution in [3.8, 4) is 22.5 Å². The monoisotopic (exact) mass is 382 g/mol. The highest BCUT2D eigenvalue weighted by atomic mass is 32.2. The number of carboxylic acid groups (broad SMARTS) is 1. The smallest absolute Gasteiger partial charge is 0.336 e. The van der Waals surface area contributed by atoms with E-state index in [0.29, 0.717) is 23.4 Å². The Labute approximate surface area is 157 Å². The van der Waals surface area contributed by atoms with E-state index in [1.54, 1.807) is 30.6 Å². The van der Waals surface area contributed by atoms with Gasteiger partial charge in [0.25, 0.3) is 0 Å². The Hall–Kier alpha value is -2.93. The van der Waals surface area contributed by atoms with Crippen LogP contribution in [-0.2, 0) is 9.84 Å². The van der Waals surface area contributed by atoms with Crippen LogP contribution in [-0.4, -0.2) is 40.6 Å². The second kappa shape index (κ2) is 6.66. The van der Waals surface area contributed by atoms with Gasteiger partial charge >= 0.3 is 5.97 Å². The summed E-state index contributed by atoms with van der Waals surface area (Å²) in [6.07, 6.45) is 2.12. The van der Waals surface area contributed by atoms with Gasteiger partial charge in [-0.15, -0.1) is 0 Å². The Morgan fingerprint density at radius 3 is 2.44 bits per heavy atom. The molecule has 0 saturated carbocycles. The van der Waals surface area contributed by atoms with Crippen LogP contribution < -0.4 is 0 Å². The summed E-state index contributed by atoms with van der Waals surface area (Å²) in [6, 6.07) is 16.0. The highest BCUT2D eigenvalue weighted by Gasteiger charge is 2.32. The maximum atomic E-state index is 12.0. The third-order valence-electron chi connectivity index (χ3n) is 4.86. The van der Waals surface area contributed by atoms with Gasteiger partial charge in [-0.25, -0.2) is 18.2 Å². The lowest BCUT2D eigenvalue weighted by atomic mass is 9.99. The summed E-state index contributed by atoms with van der Waals surface area (Å²) in [5, 5.41) is 9.64. The van der Waals surface area contributed by atoms with E-state index < -0.39 is 15.8 Å². The minimum Gasteiger partial charge on any atom is -0.478 e. The Morgan fingerprint density at radius 2 is 1.78 bits per heavy atom. The molecule has 2 heterocycles. The lowest BCUT2D eigenvalue weighted by Gasteiger charge is -2.17. The van der Waals surface area contributed by atoms with Crippen LogP contribution in [0.2, 0.25) is 0 Å². The number of aromatic carboxylic acids is 1. The number of benzene rings is 2. The molecule has 6 nitrogen and oxygen atoms in total. The average Bonchev–Trinajstić information content (AvgIpc) is 3.25. The zero-order valence-electron chi connectivity index (χ0n) is 14.4. The highest BCUT2D eigenvalue weighted by Crippen LogP contribution is 2.37. The maximum absolute atomic E-state index is 12.0. The fraction of sp³-hybridized carbons (Fsp3) is 0.200. The number of sulfone groups is 1. The van der Waals surface area contributed by atoms with Crippen molar-refractivity contribution in [3.63, 3.8) is 0 Å². The molecule has 1 unspecified atom stereocenters. The summed E-state index contributed by atoms with van der Waals surface area (Å²) in [6.45, 7) is 0. The molecule has 2 aromatic carbocycles. The molecule has 0 amide bonds. The van der Waals surface area contributed by atoms with Crippen LogP contribution >= 0.6 is 0 Å². The summed E-state index contributed by atoms with van der Waals surface area (Å²) in [4.78, 5) is 16.3. The highest BCUT2D eigenvalue weighted by molar-refractivity contribution is 7.91. The number of carbonyl (C=O) groups is 1. The van der Waals surface area contributed by atoms with Gasteiger partial charge in [-0.2, -0.15) is 0 Å². The number of aromatic nitrogens is 2. The Balaban J connectivity index is 1.95. The molecule has 0 spiro atoms. The van der Waals surface area contributed by atoms with Crippen molar-refractivity contribution < 1.29 is 18.3 Å². The minimum absolute atomic E-state index is 0.0415. The normalized spacial score (nSPS) is 18.4. The first-order valence-electron chi connectivity index (χ1n) is 8.61. The second-order valence-electron chi connectivity index (χ2n) is 6.62. The molecule has 138 valence electrons. The number of carboxylic acids is 1. The summed E-state index contributed by atoms with van der Waals surface area (Å²) in [7, 11) is -3.09. The van der Waals surface area contributed by atoms with Crippen molar-refractivity contribution in [2.24, 2.45) is 0 Å². The van der Waals surface area contributed by atoms with Crippen LogP contribution in [0.5, 0.6) is 0 Å². The third-order valence-corrected chi connectivity index (χ3v) is 6.61. The number of rotatable bonds is 4. The molecule has 1 atom stereocenters. The van der Waals surface area contributed by atoms with Crippen molar-refractivity contribution >= 4 is 15.8 Å². The largest absolute Gasteiger partial charge is 0.478 e. The van der Waals surface area contributed by atoms with Crippen molar-refractivity contribution in [1.82, 2.24) is 9.55 Å². The van der Waals surface area contributed by atoms with Gasteiger partial charge in [0.1, 0.15) is 0 Å². The van der Waals surface area contributed by atoms with Crippen LogP contribution in [0.3, 0.4) is 0 Å². The summed E-state index contributed by atoms with van der Waals surface area (Å²) in [5.41, 5.74) is 2.84. The van der Waals surface area contributed by atoms with Crippen LogP contribution in [0.1, 0.15) is 22.8 Å². The minimum atomic E-state index is -3.09. The van der Waals surface area contributed by atoms with E-state index in [0.717, 1.165) is 5.56 Å². The molecule has 3 aromatic rings. The zero-order valence-corrected chi connectivity index (χ0v) is 15.3. The molecule has 0 radical (unpaired) electrons. The lowest BCUT2D eigenvalue weighted by Crippen LogP contribution is -2.12. The molecule has 0 bridgehead atoms. The van der Waals surface area contributed by atoms with Crippen LogP contribution in [0.15, 0.2) is 60.9 Å². The molecular weight excluding hydrogens is 364 g/mol. The van der Waals surface area contributed by atoms with Gasteiger partial charge in [0.2, 0.25) is 0 Å². The van der Waals surface area contributed by atoms with Gasteiger partial charge in [0.15, 0.2) is 9.84 Å². The molecule has 1 saturated heterocycles. The fourth-order valence-electron chi connectivity index (χ4n) is 3.58. The predicted octanol–water partition coefficient (Wildman–Crippen LogP) is 3.27. The van der Waals surface area contributed by atoms with Crippen LogP contribution in [0.4, 0.5) is 0 Å². The predicted molar refractivity (Wildman–Crippen MR) is 102 cm³/mol. The fourth-order valence-corrected chi connectivity index (χ4v) is 5.29. The van der Waals surface area contributed by atoms with E-state index in [1.807, 2.05) is 34.9 Å². The molecule has 27 heavy (non-hydrogen) atoms. The zero-order chi connectivity index (χ0) is 19.0. The number of nitrogens with zero attached hydrogens (tertiary/aromatic N) is 2. The molecule has 0 aliphatic carbocycles. The summed E-state index contributed by atoms with van der Waals surface area (Å²) < 4.78 is 25.8. The molecule has 1 aliphatic heterocycles. The van der Waals surface area contributed by atoms with Crippen molar-refractivity contribution in [1.29, 1.82) is 0 Å². The van der Waals surface area contributed by atoms with Crippen LogP contribution in [0, 0.1) is 0 Å².